The fourth-order valence-corrected chi connectivity index (χ4v) is 1.95. The number of phenols is 1. The fourth-order valence-electron chi connectivity index (χ4n) is 1.95. The molecule has 0 heterocycles. The summed E-state index contributed by atoms with van der Waals surface area (Å²) >= 11 is 0. The number of aromatic hydroxyl groups is 1. The molecule has 3 nitrogen and oxygen atoms in total. The molecule has 2 N–H and O–H groups in total. The van der Waals surface area contributed by atoms with Gasteiger partial charge in [0.25, 0.3) is 0 Å². The van der Waals surface area contributed by atoms with E-state index in [1.54, 1.807) is 12.1 Å². The molecule has 1 amide bonds. The Morgan fingerprint density at radius 2 is 2.11 bits per heavy atom. The standard InChI is InChI=1S/C15H23NO2/c1-4-6-7-12(5-2)15(18)16-13-9-8-11(3)10-14(13)17/h8-10,12,17H,4-7H2,1-3H3,(H,16,18). The Labute approximate surface area is 109 Å². The molecule has 0 aliphatic heterocycles. The summed E-state index contributed by atoms with van der Waals surface area (Å²) in [5.41, 5.74) is 1.48. The number of hydrogen-bond acceptors (Lipinski definition) is 2. The van der Waals surface area contributed by atoms with Crippen molar-refractivity contribution in [3.05, 3.63) is 23.8 Å². The van der Waals surface area contributed by atoms with Crippen molar-refractivity contribution in [1.82, 2.24) is 0 Å². The van der Waals surface area contributed by atoms with Crippen molar-refractivity contribution in [1.29, 1.82) is 0 Å². The topological polar surface area (TPSA) is 49.3 Å². The summed E-state index contributed by atoms with van der Waals surface area (Å²) in [7, 11) is 0. The second-order valence-corrected chi connectivity index (χ2v) is 4.76. The highest BCUT2D eigenvalue weighted by atomic mass is 16.3. The van der Waals surface area contributed by atoms with E-state index < -0.39 is 0 Å². The first-order chi connectivity index (χ1) is 8.58. The van der Waals surface area contributed by atoms with Crippen molar-refractivity contribution in [2.75, 3.05) is 5.32 Å². The summed E-state index contributed by atoms with van der Waals surface area (Å²) in [6.45, 7) is 6.05. The maximum absolute atomic E-state index is 12.1. The molecular formula is C15H23NO2. The Balaban J connectivity index is 2.67. The van der Waals surface area contributed by atoms with Gasteiger partial charge in [0.15, 0.2) is 0 Å². The minimum absolute atomic E-state index is 0.00473. The van der Waals surface area contributed by atoms with Crippen molar-refractivity contribution < 1.29 is 9.90 Å². The van der Waals surface area contributed by atoms with Crippen LogP contribution in [0.4, 0.5) is 5.69 Å². The second-order valence-electron chi connectivity index (χ2n) is 4.76. The predicted molar refractivity (Wildman–Crippen MR) is 74.8 cm³/mol. The lowest BCUT2D eigenvalue weighted by molar-refractivity contribution is -0.120. The molecule has 1 aromatic rings. The summed E-state index contributed by atoms with van der Waals surface area (Å²) in [6.07, 6.45) is 3.90. The van der Waals surface area contributed by atoms with E-state index in [-0.39, 0.29) is 17.6 Å². The maximum atomic E-state index is 12.1. The number of aryl methyl sites for hydroxylation is 1. The van der Waals surface area contributed by atoms with Gasteiger partial charge in [-0.15, -0.1) is 0 Å². The molecule has 0 saturated carbocycles. The zero-order valence-electron chi connectivity index (χ0n) is 11.5. The molecule has 0 fully saturated rings. The molecule has 0 saturated heterocycles. The molecule has 0 aliphatic rings. The van der Waals surface area contributed by atoms with Gasteiger partial charge in [-0.05, 0) is 37.5 Å². The maximum Gasteiger partial charge on any atom is 0.227 e. The minimum atomic E-state index is 0.00473. The lowest BCUT2D eigenvalue weighted by atomic mass is 9.98. The summed E-state index contributed by atoms with van der Waals surface area (Å²) in [4.78, 5) is 12.1. The van der Waals surface area contributed by atoms with E-state index >= 15 is 0 Å². The number of hydrogen-bond donors (Lipinski definition) is 2. The highest BCUT2D eigenvalue weighted by Gasteiger charge is 2.16. The Hall–Kier alpha value is -1.51. The predicted octanol–water partition coefficient (Wildman–Crippen LogP) is 3.86. The van der Waals surface area contributed by atoms with Gasteiger partial charge >= 0.3 is 0 Å². The van der Waals surface area contributed by atoms with Crippen LogP contribution in [0.3, 0.4) is 0 Å². The highest BCUT2D eigenvalue weighted by Crippen LogP contribution is 2.25. The average molecular weight is 249 g/mol. The second kappa shape index (κ2) is 7.04. The molecule has 18 heavy (non-hydrogen) atoms. The summed E-state index contributed by atoms with van der Waals surface area (Å²) in [6, 6.07) is 5.28. The molecule has 1 atom stereocenters. The number of anilines is 1. The summed E-state index contributed by atoms with van der Waals surface area (Å²) in [5.74, 6) is 0.171. The molecule has 1 unspecified atom stereocenters. The zero-order chi connectivity index (χ0) is 13.5. The van der Waals surface area contributed by atoms with Crippen molar-refractivity contribution >= 4 is 11.6 Å². The molecule has 1 rings (SSSR count). The first-order valence-electron chi connectivity index (χ1n) is 6.69. The number of unbranched alkanes of at least 4 members (excludes halogenated alkanes) is 1. The monoisotopic (exact) mass is 249 g/mol. The van der Waals surface area contributed by atoms with Gasteiger partial charge in [-0.2, -0.15) is 0 Å². The van der Waals surface area contributed by atoms with Crippen LogP contribution in [0, 0.1) is 12.8 Å². The van der Waals surface area contributed by atoms with Gasteiger partial charge < -0.3 is 10.4 Å². The van der Waals surface area contributed by atoms with Gasteiger partial charge in [-0.1, -0.05) is 32.8 Å². The molecule has 0 spiro atoms. The van der Waals surface area contributed by atoms with Crippen LogP contribution >= 0.6 is 0 Å². The molecule has 1 aromatic carbocycles. The number of rotatable bonds is 6. The van der Waals surface area contributed by atoms with Crippen LogP contribution in [0.5, 0.6) is 5.75 Å². The SMILES string of the molecule is CCCCC(CC)C(=O)Nc1ccc(C)cc1O. The molecule has 0 aromatic heterocycles. The van der Waals surface area contributed by atoms with Crippen LogP contribution in [0.25, 0.3) is 0 Å². The van der Waals surface area contributed by atoms with Gasteiger partial charge in [-0.25, -0.2) is 0 Å². The Morgan fingerprint density at radius 3 is 2.67 bits per heavy atom. The van der Waals surface area contributed by atoms with Gasteiger partial charge in [0.2, 0.25) is 5.91 Å². The van der Waals surface area contributed by atoms with Gasteiger partial charge in [-0.3, -0.25) is 4.79 Å². The minimum Gasteiger partial charge on any atom is -0.506 e. The Bertz CT molecular complexity index is 401. The third-order valence-corrected chi connectivity index (χ3v) is 3.18. The van der Waals surface area contributed by atoms with E-state index in [2.05, 4.69) is 12.2 Å². The number of amides is 1. The third kappa shape index (κ3) is 4.06. The molecule has 0 radical (unpaired) electrons. The van der Waals surface area contributed by atoms with Gasteiger partial charge in [0, 0.05) is 5.92 Å². The lowest BCUT2D eigenvalue weighted by Crippen LogP contribution is -2.22. The fraction of sp³-hybridized carbons (Fsp3) is 0.533. The number of carbonyl (C=O) groups excluding carboxylic acids is 1. The van der Waals surface area contributed by atoms with Crippen LogP contribution in [-0.4, -0.2) is 11.0 Å². The van der Waals surface area contributed by atoms with Crippen molar-refractivity contribution in [2.24, 2.45) is 5.92 Å². The molecule has 0 aliphatic carbocycles. The summed E-state index contributed by atoms with van der Waals surface area (Å²) in [5, 5.41) is 12.6. The van der Waals surface area contributed by atoms with Crippen LogP contribution in [0.1, 0.15) is 45.1 Å². The molecular weight excluding hydrogens is 226 g/mol. The van der Waals surface area contributed by atoms with Crippen LogP contribution in [-0.2, 0) is 4.79 Å². The van der Waals surface area contributed by atoms with Crippen LogP contribution in [0.15, 0.2) is 18.2 Å². The quantitative estimate of drug-likeness (QED) is 0.752. The van der Waals surface area contributed by atoms with E-state index in [4.69, 9.17) is 0 Å². The highest BCUT2D eigenvalue weighted by molar-refractivity contribution is 5.93. The van der Waals surface area contributed by atoms with E-state index in [9.17, 15) is 9.90 Å². The molecule has 3 heteroatoms. The van der Waals surface area contributed by atoms with Crippen molar-refractivity contribution in [3.8, 4) is 5.75 Å². The van der Waals surface area contributed by atoms with E-state index in [0.29, 0.717) is 5.69 Å². The number of carbonyl (C=O) groups is 1. The first-order valence-corrected chi connectivity index (χ1v) is 6.69. The van der Waals surface area contributed by atoms with Crippen molar-refractivity contribution in [3.63, 3.8) is 0 Å². The number of benzene rings is 1. The third-order valence-electron chi connectivity index (χ3n) is 3.18. The van der Waals surface area contributed by atoms with Crippen LogP contribution < -0.4 is 5.32 Å². The Kier molecular flexibility index (Phi) is 5.69. The van der Waals surface area contributed by atoms with E-state index in [0.717, 1.165) is 31.2 Å². The largest absolute Gasteiger partial charge is 0.506 e. The van der Waals surface area contributed by atoms with Gasteiger partial charge in [0.05, 0.1) is 5.69 Å². The molecule has 100 valence electrons. The number of phenolic OH excluding ortho intramolecular Hbond substituents is 1. The number of nitrogens with one attached hydrogen (secondary N) is 1. The van der Waals surface area contributed by atoms with Gasteiger partial charge in [0.1, 0.15) is 5.75 Å². The zero-order valence-corrected chi connectivity index (χ0v) is 11.5. The Morgan fingerprint density at radius 1 is 1.39 bits per heavy atom. The van der Waals surface area contributed by atoms with E-state index in [1.807, 2.05) is 19.9 Å². The van der Waals surface area contributed by atoms with Crippen molar-refractivity contribution in [2.45, 2.75) is 46.5 Å². The van der Waals surface area contributed by atoms with Crippen LogP contribution in [0.2, 0.25) is 0 Å². The molecule has 0 bridgehead atoms. The lowest BCUT2D eigenvalue weighted by Gasteiger charge is -2.15. The van der Waals surface area contributed by atoms with E-state index in [1.165, 1.54) is 0 Å². The first kappa shape index (κ1) is 14.6. The smallest absolute Gasteiger partial charge is 0.227 e. The summed E-state index contributed by atoms with van der Waals surface area (Å²) < 4.78 is 0. The average Bonchev–Trinajstić information content (AvgIpc) is 2.34. The normalized spacial score (nSPS) is 12.2.